The number of oxazole rings is 1. The van der Waals surface area contributed by atoms with Crippen LogP contribution in [0.1, 0.15) is 18.7 Å². The van der Waals surface area contributed by atoms with Gasteiger partial charge in [0.05, 0.1) is 20.1 Å². The molecule has 0 saturated carbocycles. The van der Waals surface area contributed by atoms with E-state index >= 15 is 0 Å². The van der Waals surface area contributed by atoms with Crippen LogP contribution in [-0.4, -0.2) is 41.2 Å². The number of hydrogen-bond donors (Lipinski definition) is 1. The molecule has 2 aliphatic heterocycles. The van der Waals surface area contributed by atoms with Crippen molar-refractivity contribution in [1.29, 1.82) is 0 Å². The zero-order valence-electron chi connectivity index (χ0n) is 13.8. The number of amides is 1. The zero-order valence-corrected chi connectivity index (χ0v) is 14.6. The molecule has 0 aliphatic carbocycles. The van der Waals surface area contributed by atoms with Crippen LogP contribution in [0.25, 0.3) is 11.1 Å². The number of fused-ring (bicyclic) bond motifs is 2. The van der Waals surface area contributed by atoms with Crippen molar-refractivity contribution in [1.82, 2.24) is 15.2 Å². The Balaban J connectivity index is 1.36. The molecule has 2 aliphatic rings. The Hall–Kier alpha value is -2.48. The highest BCUT2D eigenvalue weighted by Gasteiger charge is 2.26. The summed E-state index contributed by atoms with van der Waals surface area (Å²) in [6.07, 6.45) is 1.36. The molecule has 1 aromatic carbocycles. The average molecular weight is 358 g/mol. The first-order chi connectivity index (χ1) is 12.2. The van der Waals surface area contributed by atoms with E-state index in [2.05, 4.69) is 20.2 Å². The van der Waals surface area contributed by atoms with Gasteiger partial charge in [0.25, 0.3) is 0 Å². The van der Waals surface area contributed by atoms with Crippen LogP contribution < -0.4 is 10.1 Å². The summed E-state index contributed by atoms with van der Waals surface area (Å²) in [6, 6.07) is 5.43. The van der Waals surface area contributed by atoms with Gasteiger partial charge in [0.15, 0.2) is 10.8 Å². The van der Waals surface area contributed by atoms with Gasteiger partial charge in [-0.05, 0) is 24.0 Å². The summed E-state index contributed by atoms with van der Waals surface area (Å²) in [5.74, 6) is 1.14. The predicted molar refractivity (Wildman–Crippen MR) is 96.3 cm³/mol. The fraction of sp³-hybridized carbons (Fsp3) is 0.353. The Kier molecular flexibility index (Phi) is 4.35. The van der Waals surface area contributed by atoms with Gasteiger partial charge in [0.1, 0.15) is 11.3 Å². The van der Waals surface area contributed by atoms with Crippen molar-refractivity contribution in [3.05, 3.63) is 35.2 Å². The molecule has 1 amide bonds. The van der Waals surface area contributed by atoms with Crippen LogP contribution in [0.3, 0.4) is 0 Å². The van der Waals surface area contributed by atoms with Crippen molar-refractivity contribution in [2.75, 3.05) is 20.2 Å². The molecule has 0 saturated heterocycles. The van der Waals surface area contributed by atoms with Crippen LogP contribution >= 0.6 is 11.8 Å². The SMILES string of the molecule is COc1ccc2oc(CNC(=O)CC3=CSC4=NCCCN34)nc2c1. The molecule has 0 fully saturated rings. The van der Waals surface area contributed by atoms with Crippen LogP contribution in [0.4, 0.5) is 0 Å². The quantitative estimate of drug-likeness (QED) is 0.885. The van der Waals surface area contributed by atoms with Crippen molar-refractivity contribution in [2.45, 2.75) is 19.4 Å². The number of ether oxygens (including phenoxy) is 1. The summed E-state index contributed by atoms with van der Waals surface area (Å²) in [4.78, 5) is 23.2. The van der Waals surface area contributed by atoms with E-state index in [0.717, 1.165) is 36.1 Å². The number of carbonyl (C=O) groups excluding carboxylic acids is 1. The molecule has 1 aromatic heterocycles. The molecule has 3 heterocycles. The number of nitrogens with one attached hydrogen (secondary N) is 1. The van der Waals surface area contributed by atoms with Crippen molar-refractivity contribution < 1.29 is 13.9 Å². The molecule has 0 bridgehead atoms. The van der Waals surface area contributed by atoms with E-state index in [4.69, 9.17) is 9.15 Å². The highest BCUT2D eigenvalue weighted by Crippen LogP contribution is 2.30. The standard InChI is InChI=1S/C17H18N4O3S/c1-23-12-3-4-14-13(8-12)20-16(24-14)9-19-15(22)7-11-10-25-17-18-5-2-6-21(11)17/h3-4,8,10H,2,5-7,9H2,1H3,(H,19,22). The molecule has 0 unspecified atom stereocenters. The van der Waals surface area contributed by atoms with Gasteiger partial charge in [-0.1, -0.05) is 11.8 Å². The van der Waals surface area contributed by atoms with Gasteiger partial charge in [0, 0.05) is 24.9 Å². The van der Waals surface area contributed by atoms with Crippen molar-refractivity contribution >= 4 is 33.9 Å². The van der Waals surface area contributed by atoms with Gasteiger partial charge in [-0.25, -0.2) is 4.98 Å². The lowest BCUT2D eigenvalue weighted by Gasteiger charge is -2.25. The Morgan fingerprint density at radius 1 is 1.48 bits per heavy atom. The number of rotatable bonds is 5. The molecule has 130 valence electrons. The zero-order chi connectivity index (χ0) is 17.2. The second-order valence-electron chi connectivity index (χ2n) is 5.79. The van der Waals surface area contributed by atoms with E-state index in [1.54, 1.807) is 18.9 Å². The largest absolute Gasteiger partial charge is 0.497 e. The number of amidine groups is 1. The fourth-order valence-corrected chi connectivity index (χ4v) is 3.79. The van der Waals surface area contributed by atoms with E-state index in [0.29, 0.717) is 23.4 Å². The topological polar surface area (TPSA) is 80.0 Å². The molecule has 7 nitrogen and oxygen atoms in total. The number of hydrogen-bond acceptors (Lipinski definition) is 7. The lowest BCUT2D eigenvalue weighted by Crippen LogP contribution is -2.32. The van der Waals surface area contributed by atoms with Crippen LogP contribution in [0.15, 0.2) is 38.7 Å². The lowest BCUT2D eigenvalue weighted by atomic mass is 10.2. The van der Waals surface area contributed by atoms with Crippen molar-refractivity contribution in [2.24, 2.45) is 4.99 Å². The molecule has 1 N–H and O–H groups in total. The molecule has 8 heteroatoms. The van der Waals surface area contributed by atoms with Gasteiger partial charge in [-0.15, -0.1) is 0 Å². The molecule has 0 spiro atoms. The van der Waals surface area contributed by atoms with Gasteiger partial charge < -0.3 is 19.4 Å². The molecule has 0 radical (unpaired) electrons. The third kappa shape index (κ3) is 3.34. The Morgan fingerprint density at radius 3 is 3.28 bits per heavy atom. The fourth-order valence-electron chi connectivity index (χ4n) is 2.83. The van der Waals surface area contributed by atoms with Gasteiger partial charge in [0.2, 0.25) is 11.8 Å². The Morgan fingerprint density at radius 2 is 2.40 bits per heavy atom. The number of nitrogens with zero attached hydrogens (tertiary/aromatic N) is 3. The van der Waals surface area contributed by atoms with Crippen molar-refractivity contribution in [3.8, 4) is 5.75 Å². The summed E-state index contributed by atoms with van der Waals surface area (Å²) >= 11 is 1.59. The summed E-state index contributed by atoms with van der Waals surface area (Å²) < 4.78 is 10.8. The molecule has 0 atom stereocenters. The predicted octanol–water partition coefficient (Wildman–Crippen LogP) is 2.49. The molecule has 4 rings (SSSR count). The Bertz CT molecular complexity index is 874. The third-order valence-corrected chi connectivity index (χ3v) is 5.03. The first-order valence-corrected chi connectivity index (χ1v) is 8.99. The minimum Gasteiger partial charge on any atom is -0.497 e. The van der Waals surface area contributed by atoms with Crippen LogP contribution in [0, 0.1) is 0 Å². The number of methoxy groups -OCH3 is 1. The summed E-state index contributed by atoms with van der Waals surface area (Å²) in [6.45, 7) is 2.06. The lowest BCUT2D eigenvalue weighted by molar-refractivity contribution is -0.120. The highest BCUT2D eigenvalue weighted by molar-refractivity contribution is 8.16. The third-order valence-electron chi connectivity index (χ3n) is 4.08. The van der Waals surface area contributed by atoms with Gasteiger partial charge >= 0.3 is 0 Å². The van der Waals surface area contributed by atoms with E-state index in [1.165, 1.54) is 0 Å². The maximum atomic E-state index is 12.2. The number of carbonyl (C=O) groups is 1. The number of aliphatic imine (C=N–C) groups is 1. The van der Waals surface area contributed by atoms with Gasteiger partial charge in [-0.3, -0.25) is 9.79 Å². The molecular weight excluding hydrogens is 340 g/mol. The Labute approximate surface area is 149 Å². The summed E-state index contributed by atoms with van der Waals surface area (Å²) in [5, 5.41) is 5.88. The van der Waals surface area contributed by atoms with Crippen LogP contribution in [0.5, 0.6) is 5.75 Å². The average Bonchev–Trinajstić information content (AvgIpc) is 3.23. The maximum absolute atomic E-state index is 12.2. The van der Waals surface area contributed by atoms with Crippen LogP contribution in [0.2, 0.25) is 0 Å². The second-order valence-corrected chi connectivity index (χ2v) is 6.63. The van der Waals surface area contributed by atoms with E-state index in [9.17, 15) is 4.79 Å². The van der Waals surface area contributed by atoms with Crippen LogP contribution in [-0.2, 0) is 11.3 Å². The molecule has 25 heavy (non-hydrogen) atoms. The maximum Gasteiger partial charge on any atom is 0.226 e. The number of benzene rings is 1. The van der Waals surface area contributed by atoms with E-state index in [-0.39, 0.29) is 12.5 Å². The minimum absolute atomic E-state index is 0.0569. The van der Waals surface area contributed by atoms with E-state index in [1.807, 2.05) is 23.6 Å². The smallest absolute Gasteiger partial charge is 0.226 e. The first kappa shape index (κ1) is 16.0. The summed E-state index contributed by atoms with van der Waals surface area (Å²) in [7, 11) is 1.61. The molecular formula is C17H18N4O3S. The molecule has 2 aromatic rings. The normalized spacial score (nSPS) is 16.4. The van der Waals surface area contributed by atoms with Crippen molar-refractivity contribution in [3.63, 3.8) is 0 Å². The summed E-state index contributed by atoms with van der Waals surface area (Å²) in [5.41, 5.74) is 2.39. The monoisotopic (exact) mass is 358 g/mol. The first-order valence-electron chi connectivity index (χ1n) is 8.11. The number of thioether (sulfide) groups is 1. The number of aromatic nitrogens is 1. The van der Waals surface area contributed by atoms with Gasteiger partial charge in [-0.2, -0.15) is 0 Å². The minimum atomic E-state index is -0.0569. The second kappa shape index (κ2) is 6.79. The van der Waals surface area contributed by atoms with E-state index < -0.39 is 0 Å². The highest BCUT2D eigenvalue weighted by atomic mass is 32.2.